The number of carbonyl (C=O) groups excluding carboxylic acids is 2. The topological polar surface area (TPSA) is 61.4 Å². The zero-order chi connectivity index (χ0) is 21.6. The standard InChI is InChI=1S/C25H24FN3O2/c26-20-10-12-21(13-11-20)28-25(31)24(19-5-2-1-3-6-19)27-17-18-8-14-22(15-9-18)29-16-4-7-23(29)30/h1-3,5-6,8-15,24,27H,4,7,16-17H2,(H,28,31). The van der Waals surface area contributed by atoms with Crippen molar-refractivity contribution in [1.29, 1.82) is 0 Å². The van der Waals surface area contributed by atoms with Crippen LogP contribution < -0.4 is 15.5 Å². The van der Waals surface area contributed by atoms with E-state index >= 15 is 0 Å². The molecule has 5 nitrogen and oxygen atoms in total. The van der Waals surface area contributed by atoms with Gasteiger partial charge in [0.15, 0.2) is 0 Å². The van der Waals surface area contributed by atoms with Crippen LogP contribution in [0.15, 0.2) is 78.9 Å². The van der Waals surface area contributed by atoms with Gasteiger partial charge in [0.05, 0.1) is 0 Å². The Bertz CT molecular complexity index is 1040. The summed E-state index contributed by atoms with van der Waals surface area (Å²) >= 11 is 0. The van der Waals surface area contributed by atoms with Crippen molar-refractivity contribution in [2.75, 3.05) is 16.8 Å². The molecule has 158 valence electrons. The average molecular weight is 417 g/mol. The van der Waals surface area contributed by atoms with Crippen LogP contribution in [0.5, 0.6) is 0 Å². The summed E-state index contributed by atoms with van der Waals surface area (Å²) in [6, 6.07) is 22.4. The van der Waals surface area contributed by atoms with Crippen LogP contribution in [0, 0.1) is 5.82 Å². The molecule has 4 rings (SSSR count). The van der Waals surface area contributed by atoms with Gasteiger partial charge in [-0.25, -0.2) is 4.39 Å². The number of benzene rings is 3. The Hall–Kier alpha value is -3.51. The van der Waals surface area contributed by atoms with E-state index in [1.54, 1.807) is 4.90 Å². The lowest BCUT2D eigenvalue weighted by Crippen LogP contribution is -2.32. The largest absolute Gasteiger partial charge is 0.324 e. The zero-order valence-electron chi connectivity index (χ0n) is 17.1. The van der Waals surface area contributed by atoms with E-state index in [9.17, 15) is 14.0 Å². The number of anilines is 2. The summed E-state index contributed by atoms with van der Waals surface area (Å²) in [4.78, 5) is 26.7. The van der Waals surface area contributed by atoms with Gasteiger partial charge >= 0.3 is 0 Å². The van der Waals surface area contributed by atoms with Crippen molar-refractivity contribution in [3.05, 3.63) is 95.8 Å². The number of halogens is 1. The smallest absolute Gasteiger partial charge is 0.246 e. The third-order valence-corrected chi connectivity index (χ3v) is 5.34. The van der Waals surface area contributed by atoms with E-state index in [-0.39, 0.29) is 17.6 Å². The van der Waals surface area contributed by atoms with Gasteiger partial charge in [0.1, 0.15) is 11.9 Å². The SMILES string of the molecule is O=C(Nc1ccc(F)cc1)C(NCc1ccc(N2CCCC2=O)cc1)c1ccccc1. The summed E-state index contributed by atoms with van der Waals surface area (Å²) in [6.45, 7) is 1.24. The molecule has 0 aromatic heterocycles. The van der Waals surface area contributed by atoms with Gasteiger partial charge in [-0.15, -0.1) is 0 Å². The summed E-state index contributed by atoms with van der Waals surface area (Å²) in [5.41, 5.74) is 3.28. The van der Waals surface area contributed by atoms with Gasteiger partial charge < -0.3 is 10.2 Å². The molecule has 3 aromatic carbocycles. The van der Waals surface area contributed by atoms with Crippen molar-refractivity contribution in [3.8, 4) is 0 Å². The van der Waals surface area contributed by atoms with E-state index in [2.05, 4.69) is 10.6 Å². The van der Waals surface area contributed by atoms with Crippen LogP contribution in [0.25, 0.3) is 0 Å². The highest BCUT2D eigenvalue weighted by Gasteiger charge is 2.22. The minimum Gasteiger partial charge on any atom is -0.324 e. The minimum atomic E-state index is -0.578. The van der Waals surface area contributed by atoms with Crippen molar-refractivity contribution in [2.45, 2.75) is 25.4 Å². The number of hydrogen-bond acceptors (Lipinski definition) is 3. The molecular weight excluding hydrogens is 393 g/mol. The first-order chi connectivity index (χ1) is 15.1. The van der Waals surface area contributed by atoms with Crippen LogP contribution in [-0.2, 0) is 16.1 Å². The van der Waals surface area contributed by atoms with Crippen LogP contribution in [0.2, 0.25) is 0 Å². The quantitative estimate of drug-likeness (QED) is 0.598. The number of hydrogen-bond donors (Lipinski definition) is 2. The van der Waals surface area contributed by atoms with E-state index in [1.165, 1.54) is 24.3 Å². The van der Waals surface area contributed by atoms with Gasteiger partial charge in [-0.3, -0.25) is 14.9 Å². The summed E-state index contributed by atoms with van der Waals surface area (Å²) in [5.74, 6) is -0.417. The lowest BCUT2D eigenvalue weighted by atomic mass is 10.1. The van der Waals surface area contributed by atoms with E-state index in [4.69, 9.17) is 0 Å². The van der Waals surface area contributed by atoms with Gasteiger partial charge in [0.2, 0.25) is 11.8 Å². The molecule has 1 aliphatic rings. The Balaban J connectivity index is 1.45. The van der Waals surface area contributed by atoms with Crippen molar-refractivity contribution in [2.24, 2.45) is 0 Å². The van der Waals surface area contributed by atoms with Crippen molar-refractivity contribution < 1.29 is 14.0 Å². The second kappa shape index (κ2) is 9.53. The van der Waals surface area contributed by atoms with Crippen LogP contribution in [0.4, 0.5) is 15.8 Å². The number of rotatable bonds is 7. The molecule has 1 aliphatic heterocycles. The Morgan fingerprint density at radius 3 is 2.32 bits per heavy atom. The van der Waals surface area contributed by atoms with E-state index in [0.29, 0.717) is 18.7 Å². The Morgan fingerprint density at radius 2 is 1.68 bits per heavy atom. The predicted octanol–water partition coefficient (Wildman–Crippen LogP) is 4.42. The van der Waals surface area contributed by atoms with E-state index in [1.807, 2.05) is 54.6 Å². The molecule has 2 N–H and O–H groups in total. The van der Waals surface area contributed by atoms with Crippen LogP contribution in [0.1, 0.15) is 30.0 Å². The lowest BCUT2D eigenvalue weighted by Gasteiger charge is -2.20. The highest BCUT2D eigenvalue weighted by atomic mass is 19.1. The van der Waals surface area contributed by atoms with Crippen LogP contribution in [0.3, 0.4) is 0 Å². The van der Waals surface area contributed by atoms with Gasteiger partial charge in [-0.05, 0) is 53.9 Å². The second-order valence-electron chi connectivity index (χ2n) is 7.54. The van der Waals surface area contributed by atoms with Gasteiger partial charge in [-0.1, -0.05) is 42.5 Å². The highest BCUT2D eigenvalue weighted by Crippen LogP contribution is 2.22. The fraction of sp³-hybridized carbons (Fsp3) is 0.200. The molecule has 6 heteroatoms. The summed E-state index contributed by atoms with van der Waals surface area (Å²) in [7, 11) is 0. The molecule has 1 unspecified atom stereocenters. The number of nitrogens with one attached hydrogen (secondary N) is 2. The molecule has 1 fully saturated rings. The molecule has 0 bridgehead atoms. The summed E-state index contributed by atoms with van der Waals surface area (Å²) < 4.78 is 13.2. The lowest BCUT2D eigenvalue weighted by molar-refractivity contribution is -0.118. The second-order valence-corrected chi connectivity index (χ2v) is 7.54. The highest BCUT2D eigenvalue weighted by molar-refractivity contribution is 5.96. The molecule has 1 atom stereocenters. The number of carbonyl (C=O) groups is 2. The molecular formula is C25H24FN3O2. The molecule has 0 spiro atoms. The maximum Gasteiger partial charge on any atom is 0.246 e. The van der Waals surface area contributed by atoms with Crippen molar-refractivity contribution >= 4 is 23.2 Å². The van der Waals surface area contributed by atoms with Crippen LogP contribution in [-0.4, -0.2) is 18.4 Å². The predicted molar refractivity (Wildman–Crippen MR) is 119 cm³/mol. The fourth-order valence-electron chi connectivity index (χ4n) is 3.69. The third kappa shape index (κ3) is 5.16. The molecule has 0 aliphatic carbocycles. The summed E-state index contributed by atoms with van der Waals surface area (Å²) in [6.07, 6.45) is 1.50. The van der Waals surface area contributed by atoms with E-state index in [0.717, 1.165) is 29.8 Å². The molecule has 31 heavy (non-hydrogen) atoms. The van der Waals surface area contributed by atoms with Gasteiger partial charge in [0, 0.05) is 30.9 Å². The average Bonchev–Trinajstić information content (AvgIpc) is 3.22. The maximum absolute atomic E-state index is 13.2. The normalized spacial score (nSPS) is 14.5. The third-order valence-electron chi connectivity index (χ3n) is 5.34. The Labute approximate surface area is 180 Å². The summed E-state index contributed by atoms with van der Waals surface area (Å²) in [5, 5.41) is 6.16. The Kier molecular flexibility index (Phi) is 6.38. The fourth-order valence-corrected chi connectivity index (χ4v) is 3.69. The number of nitrogens with zero attached hydrogens (tertiary/aromatic N) is 1. The first-order valence-corrected chi connectivity index (χ1v) is 10.3. The number of amides is 2. The molecule has 1 saturated heterocycles. The molecule has 0 radical (unpaired) electrons. The molecule has 0 saturated carbocycles. The monoisotopic (exact) mass is 417 g/mol. The molecule has 2 amide bonds. The van der Waals surface area contributed by atoms with E-state index < -0.39 is 6.04 Å². The van der Waals surface area contributed by atoms with Crippen molar-refractivity contribution in [1.82, 2.24) is 5.32 Å². The first-order valence-electron chi connectivity index (χ1n) is 10.3. The Morgan fingerprint density at radius 1 is 0.968 bits per heavy atom. The van der Waals surface area contributed by atoms with Crippen LogP contribution >= 0.6 is 0 Å². The molecule has 3 aromatic rings. The minimum absolute atomic E-state index is 0.160. The van der Waals surface area contributed by atoms with Gasteiger partial charge in [0.25, 0.3) is 0 Å². The zero-order valence-corrected chi connectivity index (χ0v) is 17.1. The van der Waals surface area contributed by atoms with Crippen molar-refractivity contribution in [3.63, 3.8) is 0 Å². The van der Waals surface area contributed by atoms with Gasteiger partial charge in [-0.2, -0.15) is 0 Å². The maximum atomic E-state index is 13.2. The molecule has 1 heterocycles. The first kappa shape index (κ1) is 20.8.